The number of likely N-dealkylation sites (N-methyl/N-ethyl adjacent to an activating group) is 1. The van der Waals surface area contributed by atoms with E-state index in [4.69, 9.17) is 4.74 Å². The Morgan fingerprint density at radius 3 is 2.65 bits per heavy atom. The van der Waals surface area contributed by atoms with E-state index < -0.39 is 29.8 Å². The van der Waals surface area contributed by atoms with E-state index in [0.717, 1.165) is 37.0 Å². The van der Waals surface area contributed by atoms with Crippen LogP contribution in [-0.4, -0.2) is 54.3 Å². The molecule has 0 amide bonds. The van der Waals surface area contributed by atoms with Crippen LogP contribution >= 0.6 is 11.3 Å². The van der Waals surface area contributed by atoms with Crippen molar-refractivity contribution in [2.24, 2.45) is 11.8 Å². The fourth-order valence-corrected chi connectivity index (χ4v) is 5.87. The highest BCUT2D eigenvalue weighted by atomic mass is 32.1. The number of rotatable bonds is 4. The molecule has 3 aliphatic heterocycles. The summed E-state index contributed by atoms with van der Waals surface area (Å²) in [5.74, 6) is -4.07. The Morgan fingerprint density at radius 2 is 2.12 bits per heavy atom. The SMILES string of the molecule is C[N+]12CCC(CC1)[C@@H](OC(=O)C(O)(c1cccs1)C1CCC(F)(F)C1)C2. The van der Waals surface area contributed by atoms with Crippen molar-refractivity contribution < 1.29 is 27.9 Å². The van der Waals surface area contributed by atoms with Crippen molar-refractivity contribution in [2.45, 2.75) is 49.7 Å². The number of hydrogen-bond acceptors (Lipinski definition) is 4. The Labute approximate surface area is 156 Å². The molecule has 0 aromatic carbocycles. The summed E-state index contributed by atoms with van der Waals surface area (Å²) in [5.41, 5.74) is -1.97. The number of nitrogens with zero attached hydrogens (tertiary/aromatic N) is 1. The number of aliphatic hydroxyl groups is 1. The van der Waals surface area contributed by atoms with Crippen LogP contribution < -0.4 is 0 Å². The van der Waals surface area contributed by atoms with Crippen molar-refractivity contribution in [1.82, 2.24) is 0 Å². The average molecular weight is 386 g/mol. The molecule has 1 saturated carbocycles. The maximum absolute atomic E-state index is 13.8. The van der Waals surface area contributed by atoms with Crippen LogP contribution in [0.4, 0.5) is 8.78 Å². The van der Waals surface area contributed by atoms with Gasteiger partial charge in [-0.1, -0.05) is 6.07 Å². The number of carbonyl (C=O) groups is 1. The van der Waals surface area contributed by atoms with Crippen LogP contribution in [0.2, 0.25) is 0 Å². The lowest BCUT2D eigenvalue weighted by Crippen LogP contribution is -2.63. The van der Waals surface area contributed by atoms with Crippen LogP contribution in [-0.2, 0) is 15.1 Å². The van der Waals surface area contributed by atoms with E-state index in [-0.39, 0.29) is 18.9 Å². The second kappa shape index (κ2) is 6.24. The first-order chi connectivity index (χ1) is 12.2. The summed E-state index contributed by atoms with van der Waals surface area (Å²) < 4.78 is 34.3. The Balaban J connectivity index is 1.57. The number of esters is 1. The number of fused-ring (bicyclic) bond motifs is 3. The van der Waals surface area contributed by atoms with Crippen molar-refractivity contribution in [1.29, 1.82) is 0 Å². The second-order valence-corrected chi connectivity index (χ2v) is 9.52. The third-order valence-corrected chi connectivity index (χ3v) is 7.68. The van der Waals surface area contributed by atoms with Crippen LogP contribution in [0, 0.1) is 11.8 Å². The van der Waals surface area contributed by atoms with Gasteiger partial charge in [0.1, 0.15) is 6.54 Å². The number of carbonyl (C=O) groups excluding carboxylic acids is 1. The van der Waals surface area contributed by atoms with Crippen LogP contribution in [0.25, 0.3) is 0 Å². The van der Waals surface area contributed by atoms with Gasteiger partial charge in [-0.3, -0.25) is 0 Å². The van der Waals surface area contributed by atoms with Crippen LogP contribution in [0.15, 0.2) is 17.5 Å². The van der Waals surface area contributed by atoms with Gasteiger partial charge in [0.2, 0.25) is 5.92 Å². The lowest BCUT2D eigenvalue weighted by atomic mass is 9.82. The number of thiophene rings is 1. The standard InChI is InChI=1S/C19H26F2NO3S/c1-22-8-5-13(6-9-22)15(12-22)25-17(23)19(24,16-3-2-10-26-16)14-4-7-18(20,21)11-14/h2-3,10,13-15,24H,4-9,11-12H2,1H3/q+1/t13?,14?,15-,19?,22?/m0/s1. The minimum absolute atomic E-state index is 0.123. The Hall–Kier alpha value is -1.05. The molecule has 1 aromatic heterocycles. The van der Waals surface area contributed by atoms with E-state index in [1.165, 1.54) is 11.3 Å². The summed E-state index contributed by atoms with van der Waals surface area (Å²) in [6, 6.07) is 3.37. The maximum Gasteiger partial charge on any atom is 0.344 e. The summed E-state index contributed by atoms with van der Waals surface area (Å²) in [6.07, 6.45) is 1.14. The zero-order chi connectivity index (χ0) is 18.6. The predicted molar refractivity (Wildman–Crippen MR) is 93.9 cm³/mol. The first kappa shape index (κ1) is 18.3. The van der Waals surface area contributed by atoms with Crippen LogP contribution in [0.1, 0.15) is 37.0 Å². The molecular formula is C19H26F2NO3S+. The normalized spacial score (nSPS) is 38.1. The molecule has 0 radical (unpaired) electrons. The highest BCUT2D eigenvalue weighted by Gasteiger charge is 2.56. The zero-order valence-electron chi connectivity index (χ0n) is 15.0. The molecule has 5 rings (SSSR count). The van der Waals surface area contributed by atoms with Crippen molar-refractivity contribution in [3.8, 4) is 0 Å². The molecular weight excluding hydrogens is 360 g/mol. The van der Waals surface area contributed by atoms with E-state index in [1.807, 2.05) is 0 Å². The van der Waals surface area contributed by atoms with E-state index in [2.05, 4.69) is 7.05 Å². The zero-order valence-corrected chi connectivity index (χ0v) is 15.8. The molecule has 4 aliphatic rings. The van der Waals surface area contributed by atoms with Gasteiger partial charge in [0.15, 0.2) is 11.7 Å². The van der Waals surface area contributed by atoms with E-state index >= 15 is 0 Å². The van der Waals surface area contributed by atoms with Gasteiger partial charge in [0.05, 0.1) is 20.1 Å². The monoisotopic (exact) mass is 386 g/mol. The molecule has 1 aromatic rings. The van der Waals surface area contributed by atoms with Crippen molar-refractivity contribution >= 4 is 17.3 Å². The largest absolute Gasteiger partial charge is 0.454 e. The molecule has 1 aliphatic carbocycles. The summed E-state index contributed by atoms with van der Waals surface area (Å²) in [4.78, 5) is 13.5. The fourth-order valence-electron chi connectivity index (χ4n) is 4.98. The van der Waals surface area contributed by atoms with Crippen molar-refractivity contribution in [3.05, 3.63) is 22.4 Å². The molecule has 2 bridgehead atoms. The fraction of sp³-hybridized carbons (Fsp3) is 0.737. The van der Waals surface area contributed by atoms with Gasteiger partial charge in [0.25, 0.3) is 0 Å². The number of hydrogen-bond donors (Lipinski definition) is 1. The minimum Gasteiger partial charge on any atom is -0.454 e. The first-order valence-corrected chi connectivity index (χ1v) is 10.3. The summed E-state index contributed by atoms with van der Waals surface area (Å²) in [7, 11) is 2.17. The molecule has 3 saturated heterocycles. The van der Waals surface area contributed by atoms with Gasteiger partial charge in [-0.15, -0.1) is 11.3 Å². The lowest BCUT2D eigenvalue weighted by Gasteiger charge is -2.50. The van der Waals surface area contributed by atoms with E-state index in [0.29, 0.717) is 10.8 Å². The number of piperidine rings is 3. The Kier molecular flexibility index (Phi) is 4.40. The highest BCUT2D eigenvalue weighted by molar-refractivity contribution is 7.10. The number of quaternary nitrogens is 1. The van der Waals surface area contributed by atoms with Crippen molar-refractivity contribution in [3.63, 3.8) is 0 Å². The van der Waals surface area contributed by atoms with E-state index in [9.17, 15) is 18.7 Å². The molecule has 2 unspecified atom stereocenters. The molecule has 7 heteroatoms. The molecule has 4 nitrogen and oxygen atoms in total. The van der Waals surface area contributed by atoms with Crippen LogP contribution in [0.5, 0.6) is 0 Å². The minimum atomic E-state index is -2.83. The highest BCUT2D eigenvalue weighted by Crippen LogP contribution is 2.49. The molecule has 4 fully saturated rings. The smallest absolute Gasteiger partial charge is 0.344 e. The Morgan fingerprint density at radius 1 is 1.38 bits per heavy atom. The third kappa shape index (κ3) is 3.08. The van der Waals surface area contributed by atoms with Gasteiger partial charge in [-0.25, -0.2) is 13.6 Å². The maximum atomic E-state index is 13.8. The Bertz CT molecular complexity index is 672. The van der Waals surface area contributed by atoms with Gasteiger partial charge in [0, 0.05) is 42.4 Å². The van der Waals surface area contributed by atoms with Crippen LogP contribution in [0.3, 0.4) is 0 Å². The number of alkyl halides is 2. The summed E-state index contributed by atoms with van der Waals surface area (Å²) in [6.45, 7) is 2.92. The number of halogens is 2. The third-order valence-electron chi connectivity index (χ3n) is 6.69. The van der Waals surface area contributed by atoms with Gasteiger partial charge in [-0.2, -0.15) is 0 Å². The molecule has 4 heterocycles. The quantitative estimate of drug-likeness (QED) is 0.639. The summed E-state index contributed by atoms with van der Waals surface area (Å²) in [5, 5.41) is 13.1. The first-order valence-electron chi connectivity index (χ1n) is 9.41. The molecule has 26 heavy (non-hydrogen) atoms. The predicted octanol–water partition coefficient (Wildman–Crippen LogP) is 3.15. The topological polar surface area (TPSA) is 46.5 Å². The average Bonchev–Trinajstić information content (AvgIpc) is 3.24. The van der Waals surface area contributed by atoms with Gasteiger partial charge in [-0.05, 0) is 17.9 Å². The second-order valence-electron chi connectivity index (χ2n) is 8.57. The molecule has 3 atom stereocenters. The number of ether oxygens (including phenoxy) is 1. The molecule has 0 spiro atoms. The van der Waals surface area contributed by atoms with Gasteiger partial charge >= 0.3 is 5.97 Å². The lowest BCUT2D eigenvalue weighted by molar-refractivity contribution is -0.928. The molecule has 144 valence electrons. The summed E-state index contributed by atoms with van der Waals surface area (Å²) >= 11 is 1.22. The van der Waals surface area contributed by atoms with Crippen molar-refractivity contribution in [2.75, 3.05) is 26.7 Å². The molecule has 1 N–H and O–H groups in total. The van der Waals surface area contributed by atoms with E-state index in [1.54, 1.807) is 17.5 Å². The van der Waals surface area contributed by atoms with Gasteiger partial charge < -0.3 is 14.3 Å².